The molecule has 3 nitrogen and oxygen atoms in total. The van der Waals surface area contributed by atoms with Crippen molar-refractivity contribution in [3.05, 3.63) is 56.3 Å². The van der Waals surface area contributed by atoms with Gasteiger partial charge in [0.25, 0.3) is 5.91 Å². The summed E-state index contributed by atoms with van der Waals surface area (Å²) in [5, 5.41) is 2.20. The van der Waals surface area contributed by atoms with E-state index in [0.29, 0.717) is 6.04 Å². The Bertz CT molecular complexity index is 766. The number of nitrogens with zero attached hydrogens (tertiary/aromatic N) is 2. The van der Waals surface area contributed by atoms with Gasteiger partial charge in [-0.05, 0) is 55.3 Å². The van der Waals surface area contributed by atoms with Gasteiger partial charge in [-0.15, -0.1) is 11.3 Å². The molecule has 4 rings (SSSR count). The molecule has 2 aliphatic rings. The molecule has 0 saturated carbocycles. The predicted molar refractivity (Wildman–Crippen MR) is 98.8 cm³/mol. The zero-order chi connectivity index (χ0) is 16.8. The van der Waals surface area contributed by atoms with E-state index in [2.05, 4.69) is 35.4 Å². The molecule has 0 atom stereocenters. The van der Waals surface area contributed by atoms with Crippen molar-refractivity contribution in [2.45, 2.75) is 39.8 Å². The summed E-state index contributed by atoms with van der Waals surface area (Å²) in [5.41, 5.74) is 5.81. The zero-order valence-electron chi connectivity index (χ0n) is 14.6. The van der Waals surface area contributed by atoms with E-state index in [1.54, 1.807) is 4.88 Å². The topological polar surface area (TPSA) is 23.6 Å². The second-order valence-corrected chi connectivity index (χ2v) is 8.23. The molecule has 0 radical (unpaired) electrons. The van der Waals surface area contributed by atoms with Crippen molar-refractivity contribution < 1.29 is 4.79 Å². The fourth-order valence-electron chi connectivity index (χ4n) is 4.11. The molecule has 2 aliphatic heterocycles. The Balaban J connectivity index is 1.42. The van der Waals surface area contributed by atoms with Crippen molar-refractivity contribution in [3.8, 4) is 0 Å². The van der Waals surface area contributed by atoms with Gasteiger partial charge in [0.15, 0.2) is 0 Å². The molecule has 1 saturated heterocycles. The maximum absolute atomic E-state index is 12.9. The molecule has 0 unspecified atom stereocenters. The van der Waals surface area contributed by atoms with Crippen LogP contribution in [0.1, 0.15) is 37.5 Å². The number of aryl methyl sites for hydroxylation is 3. The van der Waals surface area contributed by atoms with Gasteiger partial charge in [-0.1, -0.05) is 17.7 Å². The zero-order valence-corrected chi connectivity index (χ0v) is 15.4. The van der Waals surface area contributed by atoms with Crippen LogP contribution in [-0.2, 0) is 13.0 Å². The van der Waals surface area contributed by atoms with Gasteiger partial charge in [-0.3, -0.25) is 9.69 Å². The molecule has 1 amide bonds. The van der Waals surface area contributed by atoms with E-state index in [-0.39, 0.29) is 5.91 Å². The number of hydrogen-bond donors (Lipinski definition) is 0. The molecular formula is C20H24N2OS. The molecule has 2 aromatic rings. The average molecular weight is 340 g/mol. The van der Waals surface area contributed by atoms with Gasteiger partial charge in [-0.25, -0.2) is 0 Å². The number of hydrogen-bond acceptors (Lipinski definition) is 3. The minimum atomic E-state index is 0.203. The maximum Gasteiger partial charge on any atom is 0.254 e. The number of fused-ring (bicyclic) bond motifs is 1. The second kappa shape index (κ2) is 6.01. The van der Waals surface area contributed by atoms with Crippen LogP contribution in [-0.4, -0.2) is 41.4 Å². The lowest BCUT2D eigenvalue weighted by atomic mass is 9.96. The van der Waals surface area contributed by atoms with Crippen LogP contribution in [0.3, 0.4) is 0 Å². The predicted octanol–water partition coefficient (Wildman–Crippen LogP) is 3.56. The van der Waals surface area contributed by atoms with Crippen molar-refractivity contribution in [3.63, 3.8) is 0 Å². The van der Waals surface area contributed by atoms with E-state index in [9.17, 15) is 4.79 Å². The molecule has 0 bridgehead atoms. The molecule has 0 aliphatic carbocycles. The summed E-state index contributed by atoms with van der Waals surface area (Å²) < 4.78 is 0. The summed E-state index contributed by atoms with van der Waals surface area (Å²) in [5.74, 6) is 0.203. The van der Waals surface area contributed by atoms with Gasteiger partial charge in [0.05, 0.1) is 0 Å². The highest BCUT2D eigenvalue weighted by Gasteiger charge is 2.37. The number of likely N-dealkylation sites (tertiary alicyclic amines) is 1. The van der Waals surface area contributed by atoms with Crippen molar-refractivity contribution >= 4 is 17.2 Å². The van der Waals surface area contributed by atoms with Crippen LogP contribution in [0.5, 0.6) is 0 Å². The number of rotatable bonds is 2. The van der Waals surface area contributed by atoms with Crippen LogP contribution in [0.2, 0.25) is 0 Å². The SMILES string of the molecule is Cc1cc(C)c(C(=O)N2CC(N3CCc4sccc4C3)C2)c(C)c1. The second-order valence-electron chi connectivity index (χ2n) is 7.23. The van der Waals surface area contributed by atoms with Gasteiger partial charge in [-0.2, -0.15) is 0 Å². The summed E-state index contributed by atoms with van der Waals surface area (Å²) in [6.07, 6.45) is 1.16. The molecule has 24 heavy (non-hydrogen) atoms. The lowest BCUT2D eigenvalue weighted by Gasteiger charge is -2.46. The van der Waals surface area contributed by atoms with Crippen molar-refractivity contribution in [2.75, 3.05) is 19.6 Å². The van der Waals surface area contributed by atoms with Crippen LogP contribution in [0.4, 0.5) is 0 Å². The molecule has 126 valence electrons. The molecule has 0 N–H and O–H groups in total. The first-order valence-electron chi connectivity index (χ1n) is 8.69. The Hall–Kier alpha value is -1.65. The van der Waals surface area contributed by atoms with Crippen LogP contribution in [0, 0.1) is 20.8 Å². The number of carbonyl (C=O) groups excluding carboxylic acids is 1. The summed E-state index contributed by atoms with van der Waals surface area (Å²) in [4.78, 5) is 19.0. The van der Waals surface area contributed by atoms with Crippen LogP contribution < -0.4 is 0 Å². The van der Waals surface area contributed by atoms with E-state index >= 15 is 0 Å². The normalized spacial score (nSPS) is 18.4. The Kier molecular flexibility index (Phi) is 3.97. The fraction of sp³-hybridized carbons (Fsp3) is 0.450. The minimum Gasteiger partial charge on any atom is -0.335 e. The Morgan fingerprint density at radius 1 is 1.17 bits per heavy atom. The standard InChI is InChI=1S/C20H24N2OS/c1-13-8-14(2)19(15(3)9-13)20(23)22-11-17(12-22)21-6-4-18-16(10-21)5-7-24-18/h5,7-9,17H,4,6,10-12H2,1-3H3. The third-order valence-electron chi connectivity index (χ3n) is 5.39. The van der Waals surface area contributed by atoms with Crippen molar-refractivity contribution in [1.82, 2.24) is 9.80 Å². The van der Waals surface area contributed by atoms with Gasteiger partial charge in [0, 0.05) is 42.7 Å². The maximum atomic E-state index is 12.9. The molecule has 3 heterocycles. The highest BCUT2D eigenvalue weighted by Crippen LogP contribution is 2.29. The van der Waals surface area contributed by atoms with Gasteiger partial charge < -0.3 is 4.90 Å². The first-order chi connectivity index (χ1) is 11.5. The van der Waals surface area contributed by atoms with E-state index in [1.165, 1.54) is 11.1 Å². The average Bonchev–Trinajstić information content (AvgIpc) is 2.92. The van der Waals surface area contributed by atoms with E-state index < -0.39 is 0 Å². The molecular weight excluding hydrogens is 316 g/mol. The highest BCUT2D eigenvalue weighted by molar-refractivity contribution is 7.10. The third kappa shape index (κ3) is 2.68. The Morgan fingerprint density at radius 2 is 1.88 bits per heavy atom. The molecule has 1 aromatic heterocycles. The van der Waals surface area contributed by atoms with E-state index in [1.807, 2.05) is 30.1 Å². The number of amides is 1. The number of thiophene rings is 1. The van der Waals surface area contributed by atoms with Gasteiger partial charge in [0.1, 0.15) is 0 Å². The van der Waals surface area contributed by atoms with Crippen molar-refractivity contribution in [1.29, 1.82) is 0 Å². The highest BCUT2D eigenvalue weighted by atomic mass is 32.1. The fourth-order valence-corrected chi connectivity index (χ4v) is 5.00. The van der Waals surface area contributed by atoms with Gasteiger partial charge >= 0.3 is 0 Å². The largest absolute Gasteiger partial charge is 0.335 e. The lowest BCUT2D eigenvalue weighted by molar-refractivity contribution is 0.0219. The quantitative estimate of drug-likeness (QED) is 0.835. The van der Waals surface area contributed by atoms with Crippen LogP contribution in [0.25, 0.3) is 0 Å². The first kappa shape index (κ1) is 15.9. The number of carbonyl (C=O) groups is 1. The third-order valence-corrected chi connectivity index (χ3v) is 6.42. The summed E-state index contributed by atoms with van der Waals surface area (Å²) in [7, 11) is 0. The summed E-state index contributed by atoms with van der Waals surface area (Å²) in [6.45, 7) is 10.1. The monoisotopic (exact) mass is 340 g/mol. The van der Waals surface area contributed by atoms with Crippen LogP contribution >= 0.6 is 11.3 Å². The number of benzene rings is 1. The molecule has 4 heteroatoms. The van der Waals surface area contributed by atoms with Crippen molar-refractivity contribution in [2.24, 2.45) is 0 Å². The first-order valence-corrected chi connectivity index (χ1v) is 9.57. The Morgan fingerprint density at radius 3 is 2.58 bits per heavy atom. The summed E-state index contributed by atoms with van der Waals surface area (Å²) >= 11 is 1.88. The smallest absolute Gasteiger partial charge is 0.254 e. The molecule has 1 fully saturated rings. The van der Waals surface area contributed by atoms with Gasteiger partial charge in [0.2, 0.25) is 0 Å². The van der Waals surface area contributed by atoms with E-state index in [0.717, 1.165) is 49.3 Å². The lowest BCUT2D eigenvalue weighted by Crippen LogP contribution is -2.61. The molecule has 1 aromatic carbocycles. The Labute approximate surface area is 147 Å². The summed E-state index contributed by atoms with van der Waals surface area (Å²) in [6, 6.07) is 7.00. The molecule has 0 spiro atoms. The minimum absolute atomic E-state index is 0.203. The van der Waals surface area contributed by atoms with E-state index in [4.69, 9.17) is 0 Å². The van der Waals surface area contributed by atoms with Crippen LogP contribution in [0.15, 0.2) is 23.6 Å².